The summed E-state index contributed by atoms with van der Waals surface area (Å²) in [6.45, 7) is 3.66. The topological polar surface area (TPSA) is 67.4 Å². The number of rotatable bonds is 4. The van der Waals surface area contributed by atoms with Crippen LogP contribution in [0, 0.1) is 6.92 Å². The standard InChI is InChI=1S/C12H15ClN2O3/c1-3-18-11(16)7-14-12(17)15-10-5-4-9(13)6-8(10)2/h4-6H,3,7H2,1-2H3,(H2,14,15,17). The molecule has 0 aliphatic carbocycles. The van der Waals surface area contributed by atoms with E-state index in [-0.39, 0.29) is 6.54 Å². The van der Waals surface area contributed by atoms with Crippen molar-refractivity contribution in [3.05, 3.63) is 28.8 Å². The lowest BCUT2D eigenvalue weighted by molar-refractivity contribution is -0.141. The summed E-state index contributed by atoms with van der Waals surface area (Å²) in [4.78, 5) is 22.5. The molecule has 1 aromatic carbocycles. The van der Waals surface area contributed by atoms with E-state index in [2.05, 4.69) is 15.4 Å². The molecule has 1 aromatic rings. The van der Waals surface area contributed by atoms with Crippen molar-refractivity contribution >= 4 is 29.3 Å². The number of carbonyl (C=O) groups is 2. The maximum Gasteiger partial charge on any atom is 0.325 e. The summed E-state index contributed by atoms with van der Waals surface area (Å²) in [7, 11) is 0. The van der Waals surface area contributed by atoms with E-state index in [1.165, 1.54) is 0 Å². The molecule has 5 nitrogen and oxygen atoms in total. The van der Waals surface area contributed by atoms with Crippen molar-refractivity contribution in [1.29, 1.82) is 0 Å². The maximum absolute atomic E-state index is 11.5. The average Bonchev–Trinajstić information content (AvgIpc) is 2.31. The molecule has 2 amide bonds. The highest BCUT2D eigenvalue weighted by Crippen LogP contribution is 2.19. The van der Waals surface area contributed by atoms with Crippen LogP contribution in [0.4, 0.5) is 10.5 Å². The number of hydrogen-bond donors (Lipinski definition) is 2. The van der Waals surface area contributed by atoms with Crippen LogP contribution in [0.1, 0.15) is 12.5 Å². The number of amides is 2. The Balaban J connectivity index is 2.47. The van der Waals surface area contributed by atoms with Crippen LogP contribution in [-0.4, -0.2) is 25.2 Å². The molecule has 6 heteroatoms. The lowest BCUT2D eigenvalue weighted by Crippen LogP contribution is -2.34. The van der Waals surface area contributed by atoms with Crippen molar-refractivity contribution in [2.24, 2.45) is 0 Å². The smallest absolute Gasteiger partial charge is 0.325 e. The summed E-state index contributed by atoms with van der Waals surface area (Å²) in [5.41, 5.74) is 1.48. The van der Waals surface area contributed by atoms with E-state index in [1.807, 2.05) is 6.92 Å². The van der Waals surface area contributed by atoms with Crippen LogP contribution < -0.4 is 10.6 Å². The monoisotopic (exact) mass is 270 g/mol. The number of benzene rings is 1. The minimum Gasteiger partial charge on any atom is -0.465 e. The van der Waals surface area contributed by atoms with Gasteiger partial charge in [0.2, 0.25) is 0 Å². The Kier molecular flexibility index (Phi) is 5.45. The predicted molar refractivity (Wildman–Crippen MR) is 69.8 cm³/mol. The zero-order chi connectivity index (χ0) is 13.5. The first-order chi connectivity index (χ1) is 8.52. The minimum absolute atomic E-state index is 0.160. The highest BCUT2D eigenvalue weighted by Gasteiger charge is 2.07. The van der Waals surface area contributed by atoms with Crippen LogP contribution in [-0.2, 0) is 9.53 Å². The molecule has 0 saturated carbocycles. The molecule has 0 heterocycles. The van der Waals surface area contributed by atoms with E-state index in [0.29, 0.717) is 17.3 Å². The van der Waals surface area contributed by atoms with E-state index in [0.717, 1.165) is 5.56 Å². The van der Waals surface area contributed by atoms with Gasteiger partial charge in [0.1, 0.15) is 6.54 Å². The molecule has 2 N–H and O–H groups in total. The van der Waals surface area contributed by atoms with Crippen LogP contribution in [0.15, 0.2) is 18.2 Å². The molecule has 18 heavy (non-hydrogen) atoms. The second-order valence-corrected chi connectivity index (χ2v) is 4.01. The van der Waals surface area contributed by atoms with Gasteiger partial charge in [-0.2, -0.15) is 0 Å². The quantitative estimate of drug-likeness (QED) is 0.825. The maximum atomic E-state index is 11.5. The lowest BCUT2D eigenvalue weighted by atomic mass is 10.2. The largest absolute Gasteiger partial charge is 0.465 e. The van der Waals surface area contributed by atoms with Crippen molar-refractivity contribution < 1.29 is 14.3 Å². The van der Waals surface area contributed by atoms with Crippen molar-refractivity contribution in [3.63, 3.8) is 0 Å². The second-order valence-electron chi connectivity index (χ2n) is 3.57. The molecule has 0 unspecified atom stereocenters. The van der Waals surface area contributed by atoms with Gasteiger partial charge in [-0.1, -0.05) is 11.6 Å². The molecule has 0 aromatic heterocycles. The zero-order valence-electron chi connectivity index (χ0n) is 10.2. The number of carbonyl (C=O) groups excluding carboxylic acids is 2. The second kappa shape index (κ2) is 6.86. The zero-order valence-corrected chi connectivity index (χ0v) is 11.0. The molecule has 1 rings (SSSR count). The fourth-order valence-electron chi connectivity index (χ4n) is 1.30. The molecule has 0 fully saturated rings. The van der Waals surface area contributed by atoms with Gasteiger partial charge in [-0.15, -0.1) is 0 Å². The summed E-state index contributed by atoms with van der Waals surface area (Å²) < 4.78 is 4.68. The Labute approximate surface area is 110 Å². The Morgan fingerprint density at radius 2 is 2.11 bits per heavy atom. The summed E-state index contributed by atoms with van der Waals surface area (Å²) >= 11 is 5.80. The highest BCUT2D eigenvalue weighted by atomic mass is 35.5. The van der Waals surface area contributed by atoms with Gasteiger partial charge >= 0.3 is 12.0 Å². The third-order valence-corrected chi connectivity index (χ3v) is 2.37. The van der Waals surface area contributed by atoms with E-state index < -0.39 is 12.0 Å². The number of esters is 1. The first-order valence-corrected chi connectivity index (χ1v) is 5.87. The molecule has 0 aliphatic heterocycles. The molecule has 0 spiro atoms. The molecule has 0 radical (unpaired) electrons. The van der Waals surface area contributed by atoms with Crippen LogP contribution in [0.3, 0.4) is 0 Å². The Morgan fingerprint density at radius 3 is 2.72 bits per heavy atom. The fourth-order valence-corrected chi connectivity index (χ4v) is 1.52. The molecule has 98 valence electrons. The van der Waals surface area contributed by atoms with E-state index in [4.69, 9.17) is 11.6 Å². The van der Waals surface area contributed by atoms with Crippen LogP contribution in [0.25, 0.3) is 0 Å². The predicted octanol–water partition coefficient (Wildman–Crippen LogP) is 2.33. The van der Waals surface area contributed by atoms with Gasteiger partial charge in [0.15, 0.2) is 0 Å². The van der Waals surface area contributed by atoms with Gasteiger partial charge in [0, 0.05) is 10.7 Å². The number of hydrogen-bond acceptors (Lipinski definition) is 3. The lowest BCUT2D eigenvalue weighted by Gasteiger charge is -2.09. The van der Waals surface area contributed by atoms with Gasteiger partial charge in [0.25, 0.3) is 0 Å². The molecule has 0 saturated heterocycles. The van der Waals surface area contributed by atoms with Gasteiger partial charge < -0.3 is 15.4 Å². The van der Waals surface area contributed by atoms with Crippen LogP contribution >= 0.6 is 11.6 Å². The third-order valence-electron chi connectivity index (χ3n) is 2.14. The van der Waals surface area contributed by atoms with Crippen LogP contribution in [0.2, 0.25) is 5.02 Å². The Bertz CT molecular complexity index is 449. The number of nitrogens with one attached hydrogen (secondary N) is 2. The summed E-state index contributed by atoms with van der Waals surface area (Å²) in [6, 6.07) is 4.65. The summed E-state index contributed by atoms with van der Waals surface area (Å²) in [5, 5.41) is 5.62. The van der Waals surface area contributed by atoms with Gasteiger partial charge in [0.05, 0.1) is 6.61 Å². The first-order valence-electron chi connectivity index (χ1n) is 5.49. The van der Waals surface area contributed by atoms with Crippen molar-refractivity contribution in [2.45, 2.75) is 13.8 Å². The molecule has 0 bridgehead atoms. The highest BCUT2D eigenvalue weighted by molar-refractivity contribution is 6.30. The van der Waals surface area contributed by atoms with Crippen molar-refractivity contribution in [1.82, 2.24) is 5.32 Å². The Morgan fingerprint density at radius 1 is 1.39 bits per heavy atom. The number of halogens is 1. The average molecular weight is 271 g/mol. The first kappa shape index (κ1) is 14.3. The number of ether oxygens (including phenoxy) is 1. The van der Waals surface area contributed by atoms with Crippen molar-refractivity contribution in [3.8, 4) is 0 Å². The van der Waals surface area contributed by atoms with Gasteiger partial charge in [-0.3, -0.25) is 4.79 Å². The summed E-state index contributed by atoms with van der Waals surface area (Å²) in [6.07, 6.45) is 0. The summed E-state index contributed by atoms with van der Waals surface area (Å²) in [5.74, 6) is -0.472. The molecule has 0 aliphatic rings. The number of urea groups is 1. The van der Waals surface area contributed by atoms with Crippen molar-refractivity contribution in [2.75, 3.05) is 18.5 Å². The molecular formula is C12H15ClN2O3. The normalized spacial score (nSPS) is 9.72. The van der Waals surface area contributed by atoms with E-state index >= 15 is 0 Å². The Hall–Kier alpha value is -1.75. The number of aryl methyl sites for hydroxylation is 1. The fraction of sp³-hybridized carbons (Fsp3) is 0.333. The minimum atomic E-state index is -0.472. The number of anilines is 1. The van der Waals surface area contributed by atoms with Gasteiger partial charge in [-0.05, 0) is 37.6 Å². The molecule has 0 atom stereocenters. The van der Waals surface area contributed by atoms with Gasteiger partial charge in [-0.25, -0.2) is 4.79 Å². The van der Waals surface area contributed by atoms with E-state index in [9.17, 15) is 9.59 Å². The van der Waals surface area contributed by atoms with Crippen LogP contribution in [0.5, 0.6) is 0 Å². The molecular weight excluding hydrogens is 256 g/mol. The SMILES string of the molecule is CCOC(=O)CNC(=O)Nc1ccc(Cl)cc1C. The van der Waals surface area contributed by atoms with E-state index in [1.54, 1.807) is 25.1 Å². The third kappa shape index (κ3) is 4.63.